The first-order valence-corrected chi connectivity index (χ1v) is 7.63. The zero-order chi connectivity index (χ0) is 14.0. The quantitative estimate of drug-likeness (QED) is 0.621. The highest BCUT2D eigenvalue weighted by Gasteiger charge is 2.17. The molecule has 0 saturated heterocycles. The van der Waals surface area contributed by atoms with Crippen LogP contribution >= 0.6 is 11.8 Å². The molecule has 5 nitrogen and oxygen atoms in total. The number of rotatable bonds is 3. The van der Waals surface area contributed by atoms with E-state index in [9.17, 15) is 9.59 Å². The molecule has 6 heteroatoms. The van der Waals surface area contributed by atoms with E-state index in [1.165, 1.54) is 26.5 Å². The third-order valence-electron chi connectivity index (χ3n) is 3.60. The average Bonchev–Trinajstić information content (AvgIpc) is 2.41. The van der Waals surface area contributed by atoms with Crippen LogP contribution in [-0.4, -0.2) is 20.4 Å². The first-order valence-electron chi connectivity index (χ1n) is 6.40. The maximum absolute atomic E-state index is 12.2. The Labute approximate surface area is 116 Å². The molecule has 0 N–H and O–H groups in total. The van der Waals surface area contributed by atoms with Crippen molar-refractivity contribution in [1.29, 1.82) is 0 Å². The molecular formula is C13H19N3O2S. The smallest absolute Gasteiger partial charge is 0.275 e. The molecular weight excluding hydrogens is 262 g/mol. The van der Waals surface area contributed by atoms with Crippen LogP contribution in [0.5, 0.6) is 0 Å². The fourth-order valence-corrected chi connectivity index (χ4v) is 2.87. The minimum atomic E-state index is -0.432. The molecule has 0 unspecified atom stereocenters. The first-order chi connectivity index (χ1) is 9.02. The minimum Gasteiger partial charge on any atom is -0.275 e. The van der Waals surface area contributed by atoms with Crippen molar-refractivity contribution >= 4 is 11.8 Å². The van der Waals surface area contributed by atoms with Crippen LogP contribution in [0.3, 0.4) is 0 Å². The summed E-state index contributed by atoms with van der Waals surface area (Å²) in [6.45, 7) is 2.59. The van der Waals surface area contributed by atoms with E-state index in [0.29, 0.717) is 17.6 Å². The summed E-state index contributed by atoms with van der Waals surface area (Å²) in [4.78, 5) is 28.0. The second kappa shape index (κ2) is 5.77. The van der Waals surface area contributed by atoms with Crippen LogP contribution in [-0.2, 0) is 13.6 Å². The second-order valence-corrected chi connectivity index (χ2v) is 5.80. The first kappa shape index (κ1) is 14.1. The maximum Gasteiger partial charge on any atom is 0.354 e. The van der Waals surface area contributed by atoms with E-state index in [1.807, 2.05) is 0 Å². The predicted molar refractivity (Wildman–Crippen MR) is 76.6 cm³/mol. The van der Waals surface area contributed by atoms with Crippen molar-refractivity contribution in [3.05, 3.63) is 32.6 Å². The largest absolute Gasteiger partial charge is 0.354 e. The van der Waals surface area contributed by atoms with Gasteiger partial charge in [-0.3, -0.25) is 4.57 Å². The van der Waals surface area contributed by atoms with Gasteiger partial charge in [-0.25, -0.2) is 14.2 Å². The molecule has 1 aromatic rings. The van der Waals surface area contributed by atoms with Gasteiger partial charge in [0.1, 0.15) is 0 Å². The average molecular weight is 281 g/mol. The highest BCUT2D eigenvalue weighted by molar-refractivity contribution is 7.98. The molecule has 1 heterocycles. The zero-order valence-electron chi connectivity index (χ0n) is 11.5. The van der Waals surface area contributed by atoms with Gasteiger partial charge in [0.2, 0.25) is 0 Å². The molecule has 0 radical (unpaired) electrons. The Morgan fingerprint density at radius 3 is 2.79 bits per heavy atom. The summed E-state index contributed by atoms with van der Waals surface area (Å²) in [5.74, 6) is 0.357. The molecule has 0 bridgehead atoms. The van der Waals surface area contributed by atoms with Crippen molar-refractivity contribution in [2.45, 2.75) is 37.9 Å². The zero-order valence-corrected chi connectivity index (χ0v) is 12.4. The fraction of sp³-hybridized carbons (Fsp3) is 0.615. The summed E-state index contributed by atoms with van der Waals surface area (Å²) in [5, 5.41) is 0.464. The Balaban J connectivity index is 2.29. The van der Waals surface area contributed by atoms with E-state index < -0.39 is 5.69 Å². The molecule has 2 rings (SSSR count). The minimum absolute atomic E-state index is 0.268. The monoisotopic (exact) mass is 281 g/mol. The number of allylic oxidation sites excluding steroid dienone is 2. The Morgan fingerprint density at radius 2 is 2.21 bits per heavy atom. The Bertz CT molecular complexity index is 615. The lowest BCUT2D eigenvalue weighted by molar-refractivity contribution is 0.373. The predicted octanol–water partition coefficient (Wildman–Crippen LogP) is 1.41. The lowest BCUT2D eigenvalue weighted by Gasteiger charge is -2.21. The van der Waals surface area contributed by atoms with Gasteiger partial charge in [-0.1, -0.05) is 23.4 Å². The van der Waals surface area contributed by atoms with Gasteiger partial charge in [-0.15, -0.1) is 0 Å². The summed E-state index contributed by atoms with van der Waals surface area (Å²) in [7, 11) is 1.65. The molecule has 1 aliphatic rings. The molecule has 0 spiro atoms. The van der Waals surface area contributed by atoms with Crippen molar-refractivity contribution in [2.75, 3.05) is 6.26 Å². The van der Waals surface area contributed by atoms with E-state index in [4.69, 9.17) is 0 Å². The third kappa shape index (κ3) is 3.00. The van der Waals surface area contributed by atoms with Gasteiger partial charge in [-0.05, 0) is 38.4 Å². The van der Waals surface area contributed by atoms with Crippen molar-refractivity contribution in [3.63, 3.8) is 0 Å². The summed E-state index contributed by atoms with van der Waals surface area (Å²) < 4.78 is 2.70. The highest BCUT2D eigenvalue weighted by atomic mass is 32.2. The molecule has 1 aliphatic carbocycles. The Hall–Kier alpha value is -1.30. The maximum atomic E-state index is 12.2. The van der Waals surface area contributed by atoms with Crippen molar-refractivity contribution < 1.29 is 0 Å². The van der Waals surface area contributed by atoms with Crippen molar-refractivity contribution in [1.82, 2.24) is 14.1 Å². The van der Waals surface area contributed by atoms with Gasteiger partial charge in [0.15, 0.2) is 5.16 Å². The molecule has 0 aromatic carbocycles. The summed E-state index contributed by atoms with van der Waals surface area (Å²) in [6, 6.07) is 0. The van der Waals surface area contributed by atoms with E-state index >= 15 is 0 Å². The molecule has 0 amide bonds. The topological polar surface area (TPSA) is 56.9 Å². The lowest BCUT2D eigenvalue weighted by Crippen LogP contribution is -2.43. The van der Waals surface area contributed by atoms with Crippen molar-refractivity contribution in [2.24, 2.45) is 13.0 Å². The standard InChI is InChI=1S/C13H19N3O2S/c1-9-4-6-10(7-5-9)8-16-11(17)14-12(19-3)15(2)13(16)18/h4,10H,5-8H2,1-3H3/t10-/m1/s1. The molecule has 1 atom stereocenters. The number of thioether (sulfide) groups is 1. The van der Waals surface area contributed by atoms with Crippen molar-refractivity contribution in [3.8, 4) is 0 Å². The molecule has 104 valence electrons. The van der Waals surface area contributed by atoms with Crippen LogP contribution in [0.25, 0.3) is 0 Å². The van der Waals surface area contributed by atoms with Crippen LogP contribution in [0.4, 0.5) is 0 Å². The normalized spacial score (nSPS) is 19.3. The molecule has 1 aromatic heterocycles. The van der Waals surface area contributed by atoms with Gasteiger partial charge >= 0.3 is 11.4 Å². The van der Waals surface area contributed by atoms with E-state index in [1.54, 1.807) is 13.3 Å². The van der Waals surface area contributed by atoms with Crippen LogP contribution in [0.2, 0.25) is 0 Å². The van der Waals surface area contributed by atoms with Crippen LogP contribution in [0, 0.1) is 5.92 Å². The van der Waals surface area contributed by atoms with Crippen LogP contribution in [0.1, 0.15) is 26.2 Å². The molecule has 0 aliphatic heterocycles. The number of hydrogen-bond acceptors (Lipinski definition) is 4. The number of nitrogens with zero attached hydrogens (tertiary/aromatic N) is 3. The van der Waals surface area contributed by atoms with Gasteiger partial charge in [0, 0.05) is 13.6 Å². The van der Waals surface area contributed by atoms with Crippen LogP contribution < -0.4 is 11.4 Å². The van der Waals surface area contributed by atoms with Crippen LogP contribution in [0.15, 0.2) is 26.4 Å². The van der Waals surface area contributed by atoms with E-state index in [0.717, 1.165) is 19.3 Å². The van der Waals surface area contributed by atoms with Gasteiger partial charge in [0.05, 0.1) is 0 Å². The summed E-state index contributed by atoms with van der Waals surface area (Å²) in [6.07, 6.45) is 7.03. The Morgan fingerprint density at radius 1 is 1.47 bits per heavy atom. The number of hydrogen-bond donors (Lipinski definition) is 0. The lowest BCUT2D eigenvalue weighted by atomic mass is 9.90. The number of aromatic nitrogens is 3. The summed E-state index contributed by atoms with van der Waals surface area (Å²) >= 11 is 1.31. The second-order valence-electron chi connectivity index (χ2n) is 5.02. The SMILES string of the molecule is CSc1nc(=O)n(C[C@@H]2CC=C(C)CC2)c(=O)n1C. The molecule has 19 heavy (non-hydrogen) atoms. The summed E-state index contributed by atoms with van der Waals surface area (Å²) in [5.41, 5.74) is 0.696. The fourth-order valence-electron chi connectivity index (χ4n) is 2.34. The van der Waals surface area contributed by atoms with Gasteiger partial charge < -0.3 is 0 Å². The van der Waals surface area contributed by atoms with Gasteiger partial charge in [0.25, 0.3) is 0 Å². The Kier molecular flexibility index (Phi) is 4.29. The molecule has 0 fully saturated rings. The highest BCUT2D eigenvalue weighted by Crippen LogP contribution is 2.23. The van der Waals surface area contributed by atoms with E-state index in [2.05, 4.69) is 18.0 Å². The molecule has 0 saturated carbocycles. The van der Waals surface area contributed by atoms with E-state index in [-0.39, 0.29) is 5.69 Å². The van der Waals surface area contributed by atoms with Gasteiger partial charge in [-0.2, -0.15) is 4.98 Å². The third-order valence-corrected chi connectivity index (χ3v) is 4.33.